The molecule has 0 radical (unpaired) electrons. The van der Waals surface area contributed by atoms with Gasteiger partial charge in [-0.05, 0) is 85.4 Å². The van der Waals surface area contributed by atoms with Gasteiger partial charge in [-0.2, -0.15) is 0 Å². The third-order valence-corrected chi connectivity index (χ3v) is 8.70. The lowest BCUT2D eigenvalue weighted by atomic mass is 9.51. The summed E-state index contributed by atoms with van der Waals surface area (Å²) >= 11 is 0. The van der Waals surface area contributed by atoms with Crippen molar-refractivity contribution in [1.29, 1.82) is 0 Å². The fourth-order valence-corrected chi connectivity index (χ4v) is 7.88. The molecule has 3 saturated carbocycles. The molecule has 0 aromatic carbocycles. The van der Waals surface area contributed by atoms with Crippen LogP contribution in [0.5, 0.6) is 0 Å². The summed E-state index contributed by atoms with van der Waals surface area (Å²) in [6.07, 6.45) is 9.87. The van der Waals surface area contributed by atoms with Crippen molar-refractivity contribution in [3.05, 3.63) is 12.2 Å². The molecule has 134 valence electrons. The molecule has 2 heteroatoms. The molecule has 4 aliphatic rings. The maximum absolute atomic E-state index is 11.7. The molecule has 4 bridgehead atoms. The largest absolute Gasteiger partial charge is 0.481 e. The van der Waals surface area contributed by atoms with E-state index in [4.69, 9.17) is 0 Å². The maximum Gasteiger partial charge on any atom is 0.309 e. The first-order valence-corrected chi connectivity index (χ1v) is 9.84. The molecule has 0 heterocycles. The first-order valence-electron chi connectivity index (χ1n) is 9.84. The van der Waals surface area contributed by atoms with E-state index in [-0.39, 0.29) is 5.41 Å². The van der Waals surface area contributed by atoms with Gasteiger partial charge >= 0.3 is 5.97 Å². The van der Waals surface area contributed by atoms with Crippen molar-refractivity contribution >= 4 is 5.97 Å². The van der Waals surface area contributed by atoms with Gasteiger partial charge in [-0.1, -0.05) is 39.8 Å². The first-order chi connectivity index (χ1) is 10.9. The maximum atomic E-state index is 11.7. The SMILES string of the molecule is CC(C)(CC1(C)CC2CC1C1C2C2C=CC1(C(C)(C)C)C2)C(=O)O. The van der Waals surface area contributed by atoms with E-state index >= 15 is 0 Å². The van der Waals surface area contributed by atoms with Gasteiger partial charge in [0.1, 0.15) is 0 Å². The minimum atomic E-state index is -0.638. The van der Waals surface area contributed by atoms with Crippen LogP contribution in [0.1, 0.15) is 67.2 Å². The van der Waals surface area contributed by atoms with Gasteiger partial charge in [-0.3, -0.25) is 4.79 Å². The van der Waals surface area contributed by atoms with E-state index in [1.165, 1.54) is 19.3 Å². The minimum absolute atomic E-state index is 0.199. The number of carbonyl (C=O) groups is 1. The summed E-state index contributed by atoms with van der Waals surface area (Å²) in [4.78, 5) is 11.7. The summed E-state index contributed by atoms with van der Waals surface area (Å²) in [7, 11) is 0. The van der Waals surface area contributed by atoms with Crippen molar-refractivity contribution in [1.82, 2.24) is 0 Å². The third kappa shape index (κ3) is 1.86. The van der Waals surface area contributed by atoms with Crippen molar-refractivity contribution in [2.75, 3.05) is 0 Å². The lowest BCUT2D eigenvalue weighted by Gasteiger charge is -2.53. The lowest BCUT2D eigenvalue weighted by molar-refractivity contribution is -0.150. The molecule has 3 fully saturated rings. The molecule has 2 nitrogen and oxygen atoms in total. The van der Waals surface area contributed by atoms with Crippen molar-refractivity contribution in [2.24, 2.45) is 51.2 Å². The van der Waals surface area contributed by atoms with E-state index in [2.05, 4.69) is 39.8 Å². The predicted octanol–water partition coefficient (Wildman–Crippen LogP) is 5.39. The van der Waals surface area contributed by atoms with Gasteiger partial charge in [0.25, 0.3) is 0 Å². The van der Waals surface area contributed by atoms with Crippen molar-refractivity contribution in [3.8, 4) is 0 Å². The number of carboxylic acid groups (broad SMARTS) is 1. The van der Waals surface area contributed by atoms with E-state index in [0.717, 1.165) is 30.1 Å². The molecule has 4 rings (SSSR count). The normalized spacial score (nSPS) is 49.0. The summed E-state index contributed by atoms with van der Waals surface area (Å²) in [6.45, 7) is 13.5. The number of hydrogen-bond donors (Lipinski definition) is 1. The molecule has 4 aliphatic carbocycles. The molecular weight excluding hydrogens is 296 g/mol. The predicted molar refractivity (Wildman–Crippen MR) is 96.5 cm³/mol. The van der Waals surface area contributed by atoms with Gasteiger partial charge in [0.05, 0.1) is 5.41 Å². The van der Waals surface area contributed by atoms with E-state index in [0.29, 0.717) is 16.7 Å². The molecule has 0 aromatic heterocycles. The van der Waals surface area contributed by atoms with Crippen LogP contribution >= 0.6 is 0 Å². The Kier molecular flexibility index (Phi) is 3.11. The number of fused-ring (bicyclic) bond motifs is 9. The van der Waals surface area contributed by atoms with Gasteiger partial charge < -0.3 is 5.11 Å². The molecule has 0 amide bonds. The average molecular weight is 331 g/mol. The van der Waals surface area contributed by atoms with Crippen LogP contribution in [0.3, 0.4) is 0 Å². The molecular formula is C22H34O2. The highest BCUT2D eigenvalue weighted by Gasteiger charge is 2.71. The fourth-order valence-electron chi connectivity index (χ4n) is 7.88. The fraction of sp³-hybridized carbons (Fsp3) is 0.864. The zero-order valence-corrected chi connectivity index (χ0v) is 16.2. The Morgan fingerprint density at radius 2 is 1.88 bits per heavy atom. The van der Waals surface area contributed by atoms with Crippen molar-refractivity contribution in [3.63, 3.8) is 0 Å². The first kappa shape index (κ1) is 16.7. The number of rotatable bonds is 3. The Morgan fingerprint density at radius 3 is 2.46 bits per heavy atom. The second-order valence-corrected chi connectivity index (χ2v) is 11.4. The Balaban J connectivity index is 1.70. The average Bonchev–Trinajstić information content (AvgIpc) is 3.10. The van der Waals surface area contributed by atoms with Crippen LogP contribution < -0.4 is 0 Å². The van der Waals surface area contributed by atoms with Crippen LogP contribution in [0.2, 0.25) is 0 Å². The smallest absolute Gasteiger partial charge is 0.309 e. The van der Waals surface area contributed by atoms with Gasteiger partial charge in [0.2, 0.25) is 0 Å². The Hall–Kier alpha value is -0.790. The van der Waals surface area contributed by atoms with Gasteiger partial charge in [0, 0.05) is 0 Å². The Bertz CT molecular complexity index is 610. The number of aliphatic carboxylic acids is 1. The molecule has 1 N–H and O–H groups in total. The standard InChI is InChI=1S/C22H34O2/c1-19(2,3)22-8-7-13(11-22)16-14-9-15(17(16)22)21(6,10-14)12-20(4,5)18(23)24/h7-8,13-17H,9-12H2,1-6H3,(H,23,24). The molecule has 0 aliphatic heterocycles. The minimum Gasteiger partial charge on any atom is -0.481 e. The second-order valence-electron chi connectivity index (χ2n) is 11.4. The van der Waals surface area contributed by atoms with Crippen LogP contribution in [-0.4, -0.2) is 11.1 Å². The van der Waals surface area contributed by atoms with Gasteiger partial charge in [-0.25, -0.2) is 0 Å². The number of carboxylic acids is 1. The van der Waals surface area contributed by atoms with E-state index in [1.807, 2.05) is 13.8 Å². The highest BCUT2D eigenvalue weighted by molar-refractivity contribution is 5.73. The van der Waals surface area contributed by atoms with E-state index < -0.39 is 11.4 Å². The summed E-state index contributed by atoms with van der Waals surface area (Å²) in [5, 5.41) is 9.65. The molecule has 0 aromatic rings. The van der Waals surface area contributed by atoms with Crippen molar-refractivity contribution < 1.29 is 9.90 Å². The highest BCUT2D eigenvalue weighted by Crippen LogP contribution is 2.78. The molecule has 7 unspecified atom stereocenters. The molecule has 0 spiro atoms. The number of hydrogen-bond acceptors (Lipinski definition) is 1. The van der Waals surface area contributed by atoms with Crippen LogP contribution in [-0.2, 0) is 4.79 Å². The summed E-state index contributed by atoms with van der Waals surface area (Å²) < 4.78 is 0. The summed E-state index contributed by atoms with van der Waals surface area (Å²) in [6, 6.07) is 0. The van der Waals surface area contributed by atoms with Gasteiger partial charge in [0.15, 0.2) is 0 Å². The topological polar surface area (TPSA) is 37.3 Å². The van der Waals surface area contributed by atoms with Crippen molar-refractivity contribution in [2.45, 2.75) is 67.2 Å². The van der Waals surface area contributed by atoms with Crippen LogP contribution in [0.4, 0.5) is 0 Å². The van der Waals surface area contributed by atoms with Gasteiger partial charge in [-0.15, -0.1) is 0 Å². The van der Waals surface area contributed by atoms with Crippen LogP contribution in [0.15, 0.2) is 12.2 Å². The zero-order valence-electron chi connectivity index (χ0n) is 16.2. The van der Waals surface area contributed by atoms with E-state index in [1.54, 1.807) is 0 Å². The summed E-state index contributed by atoms with van der Waals surface area (Å²) in [5.41, 5.74) is 0.226. The highest BCUT2D eigenvalue weighted by atomic mass is 16.4. The van der Waals surface area contributed by atoms with Crippen LogP contribution in [0, 0.1) is 51.2 Å². The molecule has 7 atom stereocenters. The van der Waals surface area contributed by atoms with E-state index in [9.17, 15) is 9.90 Å². The molecule has 0 saturated heterocycles. The Labute approximate surface area is 147 Å². The van der Waals surface area contributed by atoms with Crippen LogP contribution in [0.25, 0.3) is 0 Å². The molecule has 24 heavy (non-hydrogen) atoms. The lowest BCUT2D eigenvalue weighted by Crippen LogP contribution is -2.48. The summed E-state index contributed by atoms with van der Waals surface area (Å²) in [5.74, 6) is 3.35. The zero-order chi connectivity index (χ0) is 17.7. The third-order valence-electron chi connectivity index (χ3n) is 8.70. The Morgan fingerprint density at radius 1 is 1.21 bits per heavy atom. The quantitative estimate of drug-likeness (QED) is 0.556. The monoisotopic (exact) mass is 330 g/mol. The second kappa shape index (κ2) is 4.48. The number of allylic oxidation sites excluding steroid dienone is 2.